The van der Waals surface area contributed by atoms with Crippen LogP contribution >= 0.6 is 11.8 Å². The maximum absolute atomic E-state index is 3.20. The molecule has 0 saturated carbocycles. The van der Waals surface area contributed by atoms with Crippen LogP contribution in [0, 0.1) is 6.92 Å². The number of rotatable bonds is 6. The van der Waals surface area contributed by atoms with Gasteiger partial charge in [-0.05, 0) is 62.2 Å². The predicted molar refractivity (Wildman–Crippen MR) is 88.8 cm³/mol. The lowest BCUT2D eigenvalue weighted by atomic mass is 10.1. The van der Waals surface area contributed by atoms with Crippen LogP contribution in [0.1, 0.15) is 23.6 Å². The molecule has 0 aromatic heterocycles. The molecule has 0 aliphatic carbocycles. The van der Waals surface area contributed by atoms with E-state index in [0.717, 1.165) is 19.4 Å². The Hall–Kier alpha value is -1.25. The zero-order valence-corrected chi connectivity index (χ0v) is 13.4. The number of hydrogen-bond acceptors (Lipinski definition) is 2. The van der Waals surface area contributed by atoms with Gasteiger partial charge >= 0.3 is 0 Å². The number of aryl methyl sites for hydroxylation is 2. The molecule has 1 N–H and O–H groups in total. The minimum absolute atomic E-state index is 1.03. The van der Waals surface area contributed by atoms with Crippen LogP contribution in [0.3, 0.4) is 0 Å². The smallest absolute Gasteiger partial charge is 0.0154 e. The van der Waals surface area contributed by atoms with Gasteiger partial charge in [0.1, 0.15) is 0 Å². The van der Waals surface area contributed by atoms with Crippen molar-refractivity contribution in [2.24, 2.45) is 0 Å². The largest absolute Gasteiger partial charge is 0.319 e. The van der Waals surface area contributed by atoms with E-state index >= 15 is 0 Å². The van der Waals surface area contributed by atoms with Gasteiger partial charge in [0, 0.05) is 9.79 Å². The van der Waals surface area contributed by atoms with Crippen LogP contribution in [0.25, 0.3) is 0 Å². The van der Waals surface area contributed by atoms with E-state index in [4.69, 9.17) is 0 Å². The first-order chi connectivity index (χ1) is 9.74. The summed E-state index contributed by atoms with van der Waals surface area (Å²) < 4.78 is 0. The predicted octanol–water partition coefficient (Wildman–Crippen LogP) is 4.47. The Morgan fingerprint density at radius 1 is 1.05 bits per heavy atom. The fraction of sp³-hybridized carbons (Fsp3) is 0.333. The van der Waals surface area contributed by atoms with Crippen molar-refractivity contribution in [1.82, 2.24) is 5.32 Å². The molecule has 0 heterocycles. The van der Waals surface area contributed by atoms with E-state index in [1.165, 1.54) is 26.5 Å². The minimum atomic E-state index is 1.03. The average molecular weight is 285 g/mol. The van der Waals surface area contributed by atoms with Crippen LogP contribution in [-0.4, -0.2) is 13.6 Å². The third kappa shape index (κ3) is 3.87. The minimum Gasteiger partial charge on any atom is -0.319 e. The highest BCUT2D eigenvalue weighted by Gasteiger charge is 2.05. The molecule has 2 rings (SSSR count). The second kappa shape index (κ2) is 7.51. The third-order valence-electron chi connectivity index (χ3n) is 3.48. The summed E-state index contributed by atoms with van der Waals surface area (Å²) >= 11 is 1.88. The highest BCUT2D eigenvalue weighted by molar-refractivity contribution is 7.99. The van der Waals surface area contributed by atoms with Crippen molar-refractivity contribution in [2.45, 2.75) is 36.5 Å². The molecule has 0 fully saturated rings. The van der Waals surface area contributed by atoms with Crippen LogP contribution in [0.5, 0.6) is 0 Å². The maximum atomic E-state index is 3.20. The molecule has 0 amide bonds. The molecule has 20 heavy (non-hydrogen) atoms. The Bertz CT molecular complexity index is 563. The van der Waals surface area contributed by atoms with E-state index in [1.54, 1.807) is 0 Å². The Balaban J connectivity index is 2.17. The molecule has 0 unspecified atom stereocenters. The van der Waals surface area contributed by atoms with Crippen LogP contribution in [0.2, 0.25) is 0 Å². The SMILES string of the molecule is CCc1ccccc1Sc1ccc(CCNC)cc1C. The van der Waals surface area contributed by atoms with Gasteiger partial charge in [0.15, 0.2) is 0 Å². The molecule has 0 aliphatic heterocycles. The van der Waals surface area contributed by atoms with Crippen molar-refractivity contribution in [1.29, 1.82) is 0 Å². The first-order valence-electron chi connectivity index (χ1n) is 7.24. The number of benzene rings is 2. The summed E-state index contributed by atoms with van der Waals surface area (Å²) in [6.45, 7) is 5.46. The molecule has 0 radical (unpaired) electrons. The molecule has 0 saturated heterocycles. The molecule has 2 aromatic carbocycles. The maximum Gasteiger partial charge on any atom is 0.0154 e. The normalized spacial score (nSPS) is 10.8. The fourth-order valence-electron chi connectivity index (χ4n) is 2.26. The van der Waals surface area contributed by atoms with Gasteiger partial charge in [0.2, 0.25) is 0 Å². The molecule has 0 bridgehead atoms. The summed E-state index contributed by atoms with van der Waals surface area (Å²) in [6.07, 6.45) is 2.18. The molecule has 0 aliphatic rings. The zero-order chi connectivity index (χ0) is 14.4. The molecule has 106 valence electrons. The average Bonchev–Trinajstić information content (AvgIpc) is 2.48. The first-order valence-corrected chi connectivity index (χ1v) is 8.06. The molecule has 0 atom stereocenters. The van der Waals surface area contributed by atoms with Gasteiger partial charge in [-0.1, -0.05) is 49.0 Å². The van der Waals surface area contributed by atoms with E-state index in [1.807, 2.05) is 18.8 Å². The van der Waals surface area contributed by atoms with Gasteiger partial charge in [-0.2, -0.15) is 0 Å². The van der Waals surface area contributed by atoms with Gasteiger partial charge in [-0.3, -0.25) is 0 Å². The molecule has 1 nitrogen and oxygen atoms in total. The van der Waals surface area contributed by atoms with Crippen molar-refractivity contribution in [3.8, 4) is 0 Å². The van der Waals surface area contributed by atoms with E-state index in [9.17, 15) is 0 Å². The van der Waals surface area contributed by atoms with Gasteiger partial charge in [0.05, 0.1) is 0 Å². The summed E-state index contributed by atoms with van der Waals surface area (Å²) in [6, 6.07) is 15.5. The molecular weight excluding hydrogens is 262 g/mol. The zero-order valence-electron chi connectivity index (χ0n) is 12.6. The van der Waals surface area contributed by atoms with E-state index < -0.39 is 0 Å². The highest BCUT2D eigenvalue weighted by Crippen LogP contribution is 2.33. The second-order valence-corrected chi connectivity index (χ2v) is 6.10. The fourth-order valence-corrected chi connectivity index (χ4v) is 3.35. The van der Waals surface area contributed by atoms with Crippen molar-refractivity contribution < 1.29 is 0 Å². The Kier molecular flexibility index (Phi) is 5.69. The number of nitrogens with one attached hydrogen (secondary N) is 1. The van der Waals surface area contributed by atoms with Crippen LogP contribution in [0.4, 0.5) is 0 Å². The summed E-state index contributed by atoms with van der Waals surface area (Å²) in [5.74, 6) is 0. The lowest BCUT2D eigenvalue weighted by Crippen LogP contribution is -2.10. The van der Waals surface area contributed by atoms with Crippen LogP contribution in [0.15, 0.2) is 52.3 Å². The topological polar surface area (TPSA) is 12.0 Å². The van der Waals surface area contributed by atoms with E-state index in [2.05, 4.69) is 61.6 Å². The monoisotopic (exact) mass is 285 g/mol. The Labute approximate surface area is 126 Å². The lowest BCUT2D eigenvalue weighted by Gasteiger charge is -2.11. The molecule has 2 heteroatoms. The molecule has 0 spiro atoms. The number of hydrogen-bond donors (Lipinski definition) is 1. The van der Waals surface area contributed by atoms with Gasteiger partial charge in [0.25, 0.3) is 0 Å². The third-order valence-corrected chi connectivity index (χ3v) is 4.77. The van der Waals surface area contributed by atoms with Gasteiger partial charge in [-0.15, -0.1) is 0 Å². The van der Waals surface area contributed by atoms with Gasteiger partial charge in [-0.25, -0.2) is 0 Å². The van der Waals surface area contributed by atoms with Crippen molar-refractivity contribution in [3.05, 3.63) is 59.2 Å². The summed E-state index contributed by atoms with van der Waals surface area (Å²) in [4.78, 5) is 2.74. The Morgan fingerprint density at radius 2 is 1.85 bits per heavy atom. The van der Waals surface area contributed by atoms with Crippen LogP contribution < -0.4 is 5.32 Å². The summed E-state index contributed by atoms with van der Waals surface area (Å²) in [5, 5.41) is 3.20. The lowest BCUT2D eigenvalue weighted by molar-refractivity contribution is 0.790. The van der Waals surface area contributed by atoms with Crippen molar-refractivity contribution in [3.63, 3.8) is 0 Å². The van der Waals surface area contributed by atoms with Crippen molar-refractivity contribution in [2.75, 3.05) is 13.6 Å². The number of likely N-dealkylation sites (N-methyl/N-ethyl adjacent to an activating group) is 1. The van der Waals surface area contributed by atoms with Crippen LogP contribution in [-0.2, 0) is 12.8 Å². The van der Waals surface area contributed by atoms with Gasteiger partial charge < -0.3 is 5.32 Å². The standard InChI is InChI=1S/C18H23NS/c1-4-16-7-5-6-8-18(16)20-17-10-9-15(11-12-19-3)13-14(17)2/h5-10,13,19H,4,11-12H2,1-3H3. The van der Waals surface area contributed by atoms with Crippen molar-refractivity contribution >= 4 is 11.8 Å². The quantitative estimate of drug-likeness (QED) is 0.840. The second-order valence-electron chi connectivity index (χ2n) is 5.02. The molecule has 2 aromatic rings. The van der Waals surface area contributed by atoms with E-state index in [0.29, 0.717) is 0 Å². The van der Waals surface area contributed by atoms with E-state index in [-0.39, 0.29) is 0 Å². The summed E-state index contributed by atoms with van der Waals surface area (Å²) in [7, 11) is 2.00. The molecular formula is C18H23NS. The summed E-state index contributed by atoms with van der Waals surface area (Å²) in [5.41, 5.74) is 4.20. The Morgan fingerprint density at radius 3 is 2.55 bits per heavy atom. The first kappa shape index (κ1) is 15.1. The highest BCUT2D eigenvalue weighted by atomic mass is 32.2.